The third kappa shape index (κ3) is 3.48. The van der Waals surface area contributed by atoms with E-state index in [1.165, 1.54) is 11.3 Å². The SMILES string of the molecule is CCOC(=O)c1c(=O)c2cnc(N3CCC4(CCB(C#N)CC4)C3)nc2n2c1sc1ccccc12. The summed E-state index contributed by atoms with van der Waals surface area (Å²) < 4.78 is 8.09. The van der Waals surface area contributed by atoms with Crippen LogP contribution in [0.4, 0.5) is 5.95 Å². The Morgan fingerprint density at radius 2 is 2.09 bits per heavy atom. The summed E-state index contributed by atoms with van der Waals surface area (Å²) in [6.45, 7) is 3.80. The Morgan fingerprint density at radius 3 is 2.86 bits per heavy atom. The van der Waals surface area contributed by atoms with E-state index in [0.29, 0.717) is 21.8 Å². The quantitative estimate of drug-likeness (QED) is 0.317. The van der Waals surface area contributed by atoms with E-state index < -0.39 is 11.4 Å². The minimum atomic E-state index is -0.623. The van der Waals surface area contributed by atoms with Gasteiger partial charge in [0.05, 0.1) is 22.2 Å². The number of hydrogen-bond donors (Lipinski definition) is 0. The van der Waals surface area contributed by atoms with E-state index in [1.54, 1.807) is 13.1 Å². The molecule has 1 spiro atoms. The molecule has 2 aliphatic heterocycles. The van der Waals surface area contributed by atoms with Crippen molar-refractivity contribution in [1.29, 1.82) is 5.26 Å². The first-order chi connectivity index (χ1) is 17.0. The second-order valence-electron chi connectivity index (χ2n) is 9.62. The lowest BCUT2D eigenvalue weighted by Gasteiger charge is -2.34. The Morgan fingerprint density at radius 1 is 1.29 bits per heavy atom. The van der Waals surface area contributed by atoms with Crippen LogP contribution in [-0.4, -0.2) is 46.7 Å². The number of rotatable bonds is 3. The summed E-state index contributed by atoms with van der Waals surface area (Å²) in [4.78, 5) is 38.5. The monoisotopic (exact) mass is 485 g/mol. The number of thiazole rings is 1. The Balaban J connectivity index is 1.49. The second-order valence-corrected chi connectivity index (χ2v) is 10.6. The number of carbonyl (C=O) groups is 1. The Labute approximate surface area is 206 Å². The van der Waals surface area contributed by atoms with Crippen LogP contribution in [0.2, 0.25) is 12.6 Å². The smallest absolute Gasteiger partial charge is 0.345 e. The van der Waals surface area contributed by atoms with E-state index in [2.05, 4.69) is 15.9 Å². The normalized spacial score (nSPS) is 17.5. The molecular formula is C25H24BN5O3S. The molecule has 2 saturated heterocycles. The summed E-state index contributed by atoms with van der Waals surface area (Å²) in [6.07, 6.45) is 6.63. The van der Waals surface area contributed by atoms with Crippen LogP contribution in [0.25, 0.3) is 26.1 Å². The number of para-hydroxylation sites is 1. The zero-order valence-corrected chi connectivity index (χ0v) is 20.3. The van der Waals surface area contributed by atoms with Crippen LogP contribution in [0, 0.1) is 16.6 Å². The van der Waals surface area contributed by atoms with Crippen molar-refractivity contribution in [2.75, 3.05) is 24.6 Å². The lowest BCUT2D eigenvalue weighted by Crippen LogP contribution is -2.34. The van der Waals surface area contributed by atoms with Crippen LogP contribution in [0.5, 0.6) is 0 Å². The number of benzene rings is 1. The molecule has 1 aromatic carbocycles. The number of aromatic nitrogens is 3. The van der Waals surface area contributed by atoms with E-state index in [1.807, 2.05) is 28.7 Å². The third-order valence-corrected chi connectivity index (χ3v) is 8.74. The maximum atomic E-state index is 13.4. The Hall–Kier alpha value is -3.45. The molecule has 0 N–H and O–H groups in total. The number of esters is 1. The zero-order valence-electron chi connectivity index (χ0n) is 19.5. The van der Waals surface area contributed by atoms with Gasteiger partial charge >= 0.3 is 5.97 Å². The largest absolute Gasteiger partial charge is 0.462 e. The number of carbonyl (C=O) groups excluding carboxylic acids is 1. The topological polar surface area (TPSA) is 101 Å². The molecule has 0 bridgehead atoms. The van der Waals surface area contributed by atoms with E-state index in [0.717, 1.165) is 55.2 Å². The van der Waals surface area contributed by atoms with Crippen molar-refractivity contribution in [3.05, 3.63) is 46.2 Å². The van der Waals surface area contributed by atoms with Crippen LogP contribution >= 0.6 is 11.3 Å². The van der Waals surface area contributed by atoms with Crippen LogP contribution in [-0.2, 0) is 4.74 Å². The molecule has 0 aliphatic carbocycles. The molecule has 3 aromatic heterocycles. The molecular weight excluding hydrogens is 461 g/mol. The molecule has 8 nitrogen and oxygen atoms in total. The van der Waals surface area contributed by atoms with Crippen molar-refractivity contribution in [3.63, 3.8) is 0 Å². The predicted octanol–water partition coefficient (Wildman–Crippen LogP) is 4.18. The average Bonchev–Trinajstić information content (AvgIpc) is 3.46. The van der Waals surface area contributed by atoms with E-state index in [4.69, 9.17) is 9.72 Å². The van der Waals surface area contributed by atoms with Crippen molar-refractivity contribution in [1.82, 2.24) is 14.4 Å². The van der Waals surface area contributed by atoms with Gasteiger partial charge in [0, 0.05) is 25.3 Å². The summed E-state index contributed by atoms with van der Waals surface area (Å²) in [7, 11) is 0. The van der Waals surface area contributed by atoms with E-state index in [9.17, 15) is 14.9 Å². The molecule has 0 saturated carbocycles. The molecule has 4 aromatic rings. The number of anilines is 1. The van der Waals surface area contributed by atoms with Gasteiger partial charge in [0.1, 0.15) is 10.4 Å². The van der Waals surface area contributed by atoms with Crippen molar-refractivity contribution < 1.29 is 9.53 Å². The van der Waals surface area contributed by atoms with Gasteiger partial charge in [-0.1, -0.05) is 37.6 Å². The minimum Gasteiger partial charge on any atom is -0.462 e. The molecule has 0 unspecified atom stereocenters. The molecule has 0 radical (unpaired) electrons. The molecule has 0 atom stereocenters. The van der Waals surface area contributed by atoms with Crippen molar-refractivity contribution in [3.8, 4) is 5.97 Å². The van der Waals surface area contributed by atoms with Crippen LogP contribution < -0.4 is 10.3 Å². The van der Waals surface area contributed by atoms with Gasteiger partial charge in [-0.2, -0.15) is 4.98 Å². The van der Waals surface area contributed by atoms with Gasteiger partial charge in [0.2, 0.25) is 11.4 Å². The standard InChI is InChI=1S/C25H24BN5O3S/c1-2-34-23(33)19-20(32)16-13-28-24(30-12-9-25(14-30)7-10-26(15-27)11-8-25)29-21(16)31-17-5-3-4-6-18(17)35-22(19)31/h3-6,13H,2,7-12,14H2,1H3. The van der Waals surface area contributed by atoms with Crippen molar-refractivity contribution in [2.24, 2.45) is 5.41 Å². The summed E-state index contributed by atoms with van der Waals surface area (Å²) in [5.41, 5.74) is 1.24. The molecule has 10 heteroatoms. The molecule has 2 aliphatic rings. The van der Waals surface area contributed by atoms with E-state index in [-0.39, 0.29) is 24.3 Å². The highest BCUT2D eigenvalue weighted by Gasteiger charge is 2.42. The number of nitrogens with zero attached hydrogens (tertiary/aromatic N) is 5. The first-order valence-electron chi connectivity index (χ1n) is 12.1. The summed E-state index contributed by atoms with van der Waals surface area (Å²) in [6, 6.07) is 7.82. The fourth-order valence-electron chi connectivity index (χ4n) is 5.70. The van der Waals surface area contributed by atoms with E-state index >= 15 is 0 Å². The van der Waals surface area contributed by atoms with Gasteiger partial charge in [0.25, 0.3) is 6.71 Å². The van der Waals surface area contributed by atoms with Crippen molar-refractivity contribution >= 4 is 56.0 Å². The fraction of sp³-hybridized carbons (Fsp3) is 0.400. The molecule has 0 amide bonds. The van der Waals surface area contributed by atoms with Crippen LogP contribution in [0.1, 0.15) is 36.5 Å². The number of fused-ring (bicyclic) bond motifs is 5. The summed E-state index contributed by atoms with van der Waals surface area (Å²) >= 11 is 1.39. The highest BCUT2D eigenvalue weighted by atomic mass is 32.1. The van der Waals surface area contributed by atoms with Crippen molar-refractivity contribution in [2.45, 2.75) is 38.8 Å². The molecule has 176 valence electrons. The van der Waals surface area contributed by atoms with Gasteiger partial charge in [-0.25, -0.2) is 15.0 Å². The zero-order chi connectivity index (χ0) is 24.2. The Bertz CT molecular complexity index is 1580. The lowest BCUT2D eigenvalue weighted by molar-refractivity contribution is 0.0527. The van der Waals surface area contributed by atoms with Crippen LogP contribution in [0.3, 0.4) is 0 Å². The highest BCUT2D eigenvalue weighted by Crippen LogP contribution is 2.45. The molecule has 5 heterocycles. The third-order valence-electron chi connectivity index (χ3n) is 7.60. The second kappa shape index (κ2) is 8.34. The lowest BCUT2D eigenvalue weighted by atomic mass is 9.39. The summed E-state index contributed by atoms with van der Waals surface area (Å²) in [5.74, 6) is 2.40. The maximum Gasteiger partial charge on any atom is 0.345 e. The van der Waals surface area contributed by atoms with Gasteiger partial charge in [-0.05, 0) is 30.9 Å². The molecule has 6 rings (SSSR count). The van der Waals surface area contributed by atoms with Gasteiger partial charge in [-0.3, -0.25) is 9.20 Å². The number of ether oxygens (including phenoxy) is 1. The average molecular weight is 485 g/mol. The number of hydrogen-bond acceptors (Lipinski definition) is 8. The first kappa shape index (κ1) is 22.0. The predicted molar refractivity (Wildman–Crippen MR) is 138 cm³/mol. The first-order valence-corrected chi connectivity index (χ1v) is 12.9. The number of pyridine rings is 1. The number of nitriles is 1. The van der Waals surface area contributed by atoms with Crippen LogP contribution in [0.15, 0.2) is 35.3 Å². The maximum absolute atomic E-state index is 13.4. The minimum absolute atomic E-state index is 0.0336. The fourth-order valence-corrected chi connectivity index (χ4v) is 6.87. The molecule has 35 heavy (non-hydrogen) atoms. The van der Waals surface area contributed by atoms with Gasteiger partial charge in [0.15, 0.2) is 5.65 Å². The highest BCUT2D eigenvalue weighted by molar-refractivity contribution is 7.24. The van der Waals surface area contributed by atoms with Gasteiger partial charge < -0.3 is 9.64 Å². The molecule has 2 fully saturated rings. The van der Waals surface area contributed by atoms with Gasteiger partial charge in [-0.15, -0.1) is 11.3 Å². The Kier molecular flexibility index (Phi) is 5.26. The summed E-state index contributed by atoms with van der Waals surface area (Å²) in [5, 5.41) is 9.57.